The van der Waals surface area contributed by atoms with Crippen molar-refractivity contribution in [3.63, 3.8) is 0 Å². The van der Waals surface area contributed by atoms with Crippen LogP contribution in [0.5, 0.6) is 0 Å². The van der Waals surface area contributed by atoms with Crippen LogP contribution in [0.15, 0.2) is 28.9 Å². The van der Waals surface area contributed by atoms with E-state index in [1.165, 1.54) is 0 Å². The van der Waals surface area contributed by atoms with Crippen LogP contribution in [-0.2, 0) is 4.79 Å². The lowest BCUT2D eigenvalue weighted by molar-refractivity contribution is -0.127. The second kappa shape index (κ2) is 8.28. The molecule has 3 heterocycles. The Morgan fingerprint density at radius 3 is 2.33 bits per heavy atom. The van der Waals surface area contributed by atoms with Gasteiger partial charge in [0, 0.05) is 42.9 Å². The molecule has 0 aromatic carbocycles. The van der Waals surface area contributed by atoms with Crippen LogP contribution in [0.1, 0.15) is 67.7 Å². The number of nitrogens with zero attached hydrogens (tertiary/aromatic N) is 4. The first-order valence-corrected chi connectivity index (χ1v) is 9.28. The van der Waals surface area contributed by atoms with Crippen LogP contribution in [0.4, 0.5) is 0 Å². The highest BCUT2D eigenvalue weighted by molar-refractivity contribution is 5.94. The Bertz CT molecular complexity index is 782. The highest BCUT2D eigenvalue weighted by Gasteiger charge is 2.29. The first-order valence-electron chi connectivity index (χ1n) is 9.28. The van der Waals surface area contributed by atoms with E-state index in [0.29, 0.717) is 43.3 Å². The van der Waals surface area contributed by atoms with Crippen molar-refractivity contribution in [1.29, 1.82) is 0 Å². The number of hydrogen-bond acceptors (Lipinski definition) is 6. The molecular formula is C19H25N5O3. The minimum absolute atomic E-state index is 0.0169. The van der Waals surface area contributed by atoms with Gasteiger partial charge >= 0.3 is 0 Å². The summed E-state index contributed by atoms with van der Waals surface area (Å²) in [4.78, 5) is 30.7. The zero-order valence-corrected chi connectivity index (χ0v) is 15.9. The number of carbonyl (C=O) groups excluding carboxylic acids is 2. The van der Waals surface area contributed by atoms with Crippen molar-refractivity contribution < 1.29 is 14.0 Å². The zero-order valence-electron chi connectivity index (χ0n) is 15.9. The first kappa shape index (κ1) is 19.0. The molecule has 144 valence electrons. The molecule has 0 saturated carbocycles. The summed E-state index contributed by atoms with van der Waals surface area (Å²) < 4.78 is 5.60. The van der Waals surface area contributed by atoms with E-state index in [2.05, 4.69) is 20.5 Å². The molecule has 1 atom stereocenters. The smallest absolute Gasteiger partial charge is 0.253 e. The summed E-state index contributed by atoms with van der Waals surface area (Å²) in [7, 11) is 0. The molecule has 1 saturated heterocycles. The average Bonchev–Trinajstić information content (AvgIpc) is 3.19. The molecule has 2 aromatic heterocycles. The third-order valence-electron chi connectivity index (χ3n) is 4.76. The van der Waals surface area contributed by atoms with Gasteiger partial charge in [0.2, 0.25) is 17.7 Å². The van der Waals surface area contributed by atoms with Gasteiger partial charge in [-0.2, -0.15) is 0 Å². The number of carbonyl (C=O) groups is 2. The first-order chi connectivity index (χ1) is 13.0. The summed E-state index contributed by atoms with van der Waals surface area (Å²) in [6.07, 6.45) is 4.49. The highest BCUT2D eigenvalue weighted by atomic mass is 16.4. The number of nitrogens with one attached hydrogen (secondary N) is 1. The second-order valence-electron chi connectivity index (χ2n) is 7.17. The van der Waals surface area contributed by atoms with Crippen molar-refractivity contribution in [2.45, 2.75) is 45.6 Å². The number of rotatable bonds is 5. The van der Waals surface area contributed by atoms with Gasteiger partial charge in [-0.3, -0.25) is 14.6 Å². The molecule has 2 aromatic rings. The number of likely N-dealkylation sites (tertiary alicyclic amines) is 1. The van der Waals surface area contributed by atoms with Crippen LogP contribution in [-0.4, -0.2) is 45.0 Å². The lowest BCUT2D eigenvalue weighted by atomic mass is 9.95. The van der Waals surface area contributed by atoms with Crippen molar-refractivity contribution >= 4 is 11.8 Å². The number of aromatic nitrogens is 3. The van der Waals surface area contributed by atoms with Gasteiger partial charge in [-0.1, -0.05) is 13.8 Å². The summed E-state index contributed by atoms with van der Waals surface area (Å²) in [6, 6.07) is 3.08. The molecule has 0 aliphatic carbocycles. The predicted octanol–water partition coefficient (Wildman–Crippen LogP) is 2.32. The van der Waals surface area contributed by atoms with Gasteiger partial charge in [-0.25, -0.2) is 0 Å². The Labute approximate surface area is 158 Å². The number of amides is 2. The molecule has 1 fully saturated rings. The van der Waals surface area contributed by atoms with Crippen LogP contribution in [0.3, 0.4) is 0 Å². The molecule has 3 rings (SSSR count). The topological polar surface area (TPSA) is 101 Å². The minimum atomic E-state index is -0.339. The molecule has 1 N–H and O–H groups in total. The summed E-state index contributed by atoms with van der Waals surface area (Å²) >= 11 is 0. The molecule has 0 radical (unpaired) electrons. The summed E-state index contributed by atoms with van der Waals surface area (Å²) in [6.45, 7) is 6.90. The maximum atomic E-state index is 12.6. The quantitative estimate of drug-likeness (QED) is 0.865. The van der Waals surface area contributed by atoms with Crippen molar-refractivity contribution in [1.82, 2.24) is 25.4 Å². The Kier molecular flexibility index (Phi) is 5.83. The number of piperidine rings is 1. The van der Waals surface area contributed by atoms with Gasteiger partial charge in [0.1, 0.15) is 6.04 Å². The van der Waals surface area contributed by atoms with E-state index in [9.17, 15) is 9.59 Å². The predicted molar refractivity (Wildman–Crippen MR) is 97.8 cm³/mol. The SMILES string of the molecule is CC(C)c1nnc(C(C)NC(=O)C2CCN(C(=O)c3ccncc3)CC2)o1. The van der Waals surface area contributed by atoms with Crippen LogP contribution in [0, 0.1) is 5.92 Å². The third-order valence-corrected chi connectivity index (χ3v) is 4.76. The Morgan fingerprint density at radius 2 is 1.74 bits per heavy atom. The van der Waals surface area contributed by atoms with Gasteiger partial charge in [-0.15, -0.1) is 10.2 Å². The molecule has 0 bridgehead atoms. The third kappa shape index (κ3) is 4.50. The van der Waals surface area contributed by atoms with Crippen LogP contribution in [0.2, 0.25) is 0 Å². The molecule has 1 aliphatic heterocycles. The minimum Gasteiger partial charge on any atom is -0.423 e. The summed E-state index contributed by atoms with van der Waals surface area (Å²) in [5, 5.41) is 11.0. The van der Waals surface area contributed by atoms with Crippen molar-refractivity contribution in [2.24, 2.45) is 5.92 Å². The van der Waals surface area contributed by atoms with E-state index in [1.807, 2.05) is 20.8 Å². The van der Waals surface area contributed by atoms with E-state index in [0.717, 1.165) is 0 Å². The van der Waals surface area contributed by atoms with E-state index in [4.69, 9.17) is 4.42 Å². The van der Waals surface area contributed by atoms with Gasteiger partial charge in [0.15, 0.2) is 0 Å². The van der Waals surface area contributed by atoms with Gasteiger partial charge in [0.25, 0.3) is 5.91 Å². The molecule has 1 unspecified atom stereocenters. The van der Waals surface area contributed by atoms with E-state index < -0.39 is 0 Å². The fourth-order valence-electron chi connectivity index (χ4n) is 3.07. The Morgan fingerprint density at radius 1 is 1.11 bits per heavy atom. The summed E-state index contributed by atoms with van der Waals surface area (Å²) in [5.74, 6) is 0.948. The van der Waals surface area contributed by atoms with Crippen molar-refractivity contribution in [2.75, 3.05) is 13.1 Å². The molecule has 0 spiro atoms. The standard InChI is InChI=1S/C19H25N5O3/c1-12(2)17-22-23-18(27-17)13(3)21-16(25)14-6-10-24(11-7-14)19(26)15-4-8-20-9-5-15/h4-5,8-9,12-14H,6-7,10-11H2,1-3H3,(H,21,25). The lowest BCUT2D eigenvalue weighted by Gasteiger charge is -2.31. The monoisotopic (exact) mass is 371 g/mol. The van der Waals surface area contributed by atoms with Crippen LogP contribution in [0.25, 0.3) is 0 Å². The summed E-state index contributed by atoms with van der Waals surface area (Å²) in [5.41, 5.74) is 0.624. The fraction of sp³-hybridized carbons (Fsp3) is 0.526. The van der Waals surface area contributed by atoms with E-state index in [1.54, 1.807) is 29.4 Å². The maximum Gasteiger partial charge on any atom is 0.253 e. The fourth-order valence-corrected chi connectivity index (χ4v) is 3.07. The zero-order chi connectivity index (χ0) is 19.4. The largest absolute Gasteiger partial charge is 0.423 e. The molecule has 27 heavy (non-hydrogen) atoms. The average molecular weight is 371 g/mol. The molecule has 8 heteroatoms. The van der Waals surface area contributed by atoms with Crippen molar-refractivity contribution in [3.8, 4) is 0 Å². The second-order valence-corrected chi connectivity index (χ2v) is 7.17. The van der Waals surface area contributed by atoms with Crippen LogP contribution >= 0.6 is 0 Å². The normalized spacial score (nSPS) is 16.4. The Hall–Kier alpha value is -2.77. The number of pyridine rings is 1. The van der Waals surface area contributed by atoms with E-state index in [-0.39, 0.29) is 29.7 Å². The van der Waals surface area contributed by atoms with E-state index >= 15 is 0 Å². The Balaban J connectivity index is 1.51. The van der Waals surface area contributed by atoms with Gasteiger partial charge in [-0.05, 0) is 31.9 Å². The molecular weight excluding hydrogens is 346 g/mol. The number of hydrogen-bond donors (Lipinski definition) is 1. The highest BCUT2D eigenvalue weighted by Crippen LogP contribution is 2.21. The van der Waals surface area contributed by atoms with Gasteiger partial charge < -0.3 is 14.6 Å². The molecule has 8 nitrogen and oxygen atoms in total. The van der Waals surface area contributed by atoms with Crippen LogP contribution < -0.4 is 5.32 Å². The molecule has 1 aliphatic rings. The lowest BCUT2D eigenvalue weighted by Crippen LogP contribution is -2.43. The van der Waals surface area contributed by atoms with Gasteiger partial charge in [0.05, 0.1) is 0 Å². The van der Waals surface area contributed by atoms with Crippen molar-refractivity contribution in [3.05, 3.63) is 41.9 Å². The maximum absolute atomic E-state index is 12.6. The molecule has 2 amide bonds.